The van der Waals surface area contributed by atoms with Crippen molar-refractivity contribution in [2.24, 2.45) is 5.92 Å². The minimum Gasteiger partial charge on any atom is -0.316 e. The fourth-order valence-electron chi connectivity index (χ4n) is 3.82. The van der Waals surface area contributed by atoms with E-state index in [9.17, 15) is 13.2 Å². The molecule has 5 heteroatoms. The van der Waals surface area contributed by atoms with E-state index in [2.05, 4.69) is 6.58 Å². The fourth-order valence-corrected chi connectivity index (χ4v) is 3.82. The molecule has 0 atom stereocenters. The third-order valence-corrected chi connectivity index (χ3v) is 5.65. The lowest BCUT2D eigenvalue weighted by atomic mass is 9.79. The van der Waals surface area contributed by atoms with E-state index < -0.39 is 11.9 Å². The zero-order valence-corrected chi connectivity index (χ0v) is 16.2. The fraction of sp³-hybridized carbons (Fsp3) is 0.375. The molecule has 0 spiro atoms. The predicted octanol–water partition coefficient (Wildman–Crippen LogP) is 6.47. The maximum absolute atomic E-state index is 14.4. The molecule has 2 nitrogen and oxygen atoms in total. The molecule has 1 fully saturated rings. The quantitative estimate of drug-likeness (QED) is 0.500. The molecular weight excluding hydrogens is 375 g/mol. The number of benzene rings is 2. The summed E-state index contributed by atoms with van der Waals surface area (Å²) >= 11 is 0. The molecule has 0 N–H and O–H groups in total. The molecule has 0 heterocycles. The summed E-state index contributed by atoms with van der Waals surface area (Å²) in [6.45, 7) is 3.59. The molecule has 29 heavy (non-hydrogen) atoms. The van der Waals surface area contributed by atoms with Gasteiger partial charge < -0.3 is 4.74 Å². The number of ether oxygens (including phenoxy) is 1. The van der Waals surface area contributed by atoms with Crippen LogP contribution in [-0.4, -0.2) is 6.61 Å². The molecule has 3 rings (SSSR count). The van der Waals surface area contributed by atoms with Crippen molar-refractivity contribution in [1.29, 1.82) is 5.26 Å². The standard InChI is InChI=1S/C24H24F3NO/c1-2-17-3-6-19(7-4-17)20-9-11-22(12-10-20)24(26,27)29-14-13-18-5-8-21(16-28)23(25)15-18/h2,5,8-12,15,17,19H,1,3-4,6-7,13-14H2. The van der Waals surface area contributed by atoms with Crippen molar-refractivity contribution in [1.82, 2.24) is 0 Å². The van der Waals surface area contributed by atoms with Gasteiger partial charge in [-0.05, 0) is 67.2 Å². The first-order chi connectivity index (χ1) is 13.9. The van der Waals surface area contributed by atoms with Gasteiger partial charge in [0.15, 0.2) is 0 Å². The Morgan fingerprint density at radius 3 is 2.38 bits per heavy atom. The molecule has 0 unspecified atom stereocenters. The lowest BCUT2D eigenvalue weighted by Crippen LogP contribution is -2.20. The number of alkyl halides is 2. The van der Waals surface area contributed by atoms with Gasteiger partial charge in [0.25, 0.3) is 0 Å². The van der Waals surface area contributed by atoms with E-state index in [0.29, 0.717) is 17.4 Å². The zero-order valence-electron chi connectivity index (χ0n) is 16.2. The smallest absolute Gasteiger partial charge is 0.316 e. The van der Waals surface area contributed by atoms with Gasteiger partial charge in [-0.1, -0.05) is 36.4 Å². The molecule has 0 aliphatic heterocycles. The average molecular weight is 399 g/mol. The van der Waals surface area contributed by atoms with Crippen LogP contribution in [0.15, 0.2) is 55.1 Å². The maximum Gasteiger partial charge on any atom is 0.383 e. The SMILES string of the molecule is C=CC1CCC(c2ccc(C(F)(F)OCCc3ccc(C#N)c(F)c3)cc2)CC1. The van der Waals surface area contributed by atoms with E-state index in [-0.39, 0.29) is 24.2 Å². The molecular formula is C24H24F3NO. The highest BCUT2D eigenvalue weighted by Crippen LogP contribution is 2.37. The van der Waals surface area contributed by atoms with Gasteiger partial charge in [0.05, 0.1) is 17.7 Å². The molecule has 1 saturated carbocycles. The van der Waals surface area contributed by atoms with Crippen LogP contribution in [-0.2, 0) is 17.3 Å². The molecule has 1 aliphatic rings. The van der Waals surface area contributed by atoms with Gasteiger partial charge >= 0.3 is 6.11 Å². The summed E-state index contributed by atoms with van der Waals surface area (Å²) in [4.78, 5) is 0. The molecule has 0 amide bonds. The summed E-state index contributed by atoms with van der Waals surface area (Å²) < 4.78 is 47.1. The second kappa shape index (κ2) is 9.28. The second-order valence-electron chi connectivity index (χ2n) is 7.51. The monoisotopic (exact) mass is 399 g/mol. The Hall–Kier alpha value is -2.58. The van der Waals surface area contributed by atoms with Crippen LogP contribution in [0.1, 0.15) is 53.9 Å². The van der Waals surface area contributed by atoms with E-state index >= 15 is 0 Å². The third kappa shape index (κ3) is 5.27. The van der Waals surface area contributed by atoms with Crippen molar-refractivity contribution in [2.75, 3.05) is 6.61 Å². The number of rotatable bonds is 7. The summed E-state index contributed by atoms with van der Waals surface area (Å²) in [5.41, 5.74) is 1.33. The van der Waals surface area contributed by atoms with Gasteiger partial charge in [0, 0.05) is 0 Å². The first-order valence-corrected chi connectivity index (χ1v) is 9.86. The Bertz CT molecular complexity index is 878. The highest BCUT2D eigenvalue weighted by molar-refractivity contribution is 5.33. The van der Waals surface area contributed by atoms with Gasteiger partial charge in [-0.3, -0.25) is 0 Å². The minimum absolute atomic E-state index is 0.0712. The van der Waals surface area contributed by atoms with Crippen LogP contribution in [0.25, 0.3) is 0 Å². The summed E-state index contributed by atoms with van der Waals surface area (Å²) in [5, 5.41) is 8.73. The van der Waals surface area contributed by atoms with Crippen LogP contribution in [0.3, 0.4) is 0 Å². The number of hydrogen-bond acceptors (Lipinski definition) is 2. The zero-order chi connectivity index (χ0) is 20.9. The van der Waals surface area contributed by atoms with Crippen LogP contribution < -0.4 is 0 Å². The molecule has 1 aliphatic carbocycles. The molecule has 2 aromatic rings. The predicted molar refractivity (Wildman–Crippen MR) is 106 cm³/mol. The molecule has 0 saturated heterocycles. The minimum atomic E-state index is -3.41. The number of nitriles is 1. The van der Waals surface area contributed by atoms with Crippen LogP contribution in [0.2, 0.25) is 0 Å². The number of allylic oxidation sites excluding steroid dienone is 1. The third-order valence-electron chi connectivity index (χ3n) is 5.65. The summed E-state index contributed by atoms with van der Waals surface area (Å²) in [6, 6.07) is 12.2. The highest BCUT2D eigenvalue weighted by Gasteiger charge is 2.33. The van der Waals surface area contributed by atoms with E-state index in [1.807, 2.05) is 6.08 Å². The molecule has 0 aromatic heterocycles. The van der Waals surface area contributed by atoms with Gasteiger partial charge in [0.1, 0.15) is 11.9 Å². The van der Waals surface area contributed by atoms with E-state index in [0.717, 1.165) is 31.2 Å². The van der Waals surface area contributed by atoms with Crippen LogP contribution in [0, 0.1) is 23.1 Å². The second-order valence-corrected chi connectivity index (χ2v) is 7.51. The Kier molecular flexibility index (Phi) is 6.76. The largest absolute Gasteiger partial charge is 0.383 e. The lowest BCUT2D eigenvalue weighted by Gasteiger charge is -2.27. The number of hydrogen-bond donors (Lipinski definition) is 0. The van der Waals surface area contributed by atoms with Gasteiger partial charge in [-0.15, -0.1) is 6.58 Å². The first-order valence-electron chi connectivity index (χ1n) is 9.86. The van der Waals surface area contributed by atoms with Crippen molar-refractivity contribution in [3.63, 3.8) is 0 Å². The maximum atomic E-state index is 14.4. The Morgan fingerprint density at radius 1 is 1.10 bits per heavy atom. The molecule has 2 aromatic carbocycles. The van der Waals surface area contributed by atoms with Crippen molar-refractivity contribution < 1.29 is 17.9 Å². The van der Waals surface area contributed by atoms with E-state index in [1.165, 1.54) is 24.3 Å². The van der Waals surface area contributed by atoms with Crippen molar-refractivity contribution in [2.45, 2.75) is 44.1 Å². The van der Waals surface area contributed by atoms with Crippen LogP contribution in [0.4, 0.5) is 13.2 Å². The molecule has 0 radical (unpaired) electrons. The van der Waals surface area contributed by atoms with Crippen molar-refractivity contribution >= 4 is 0 Å². The summed E-state index contributed by atoms with van der Waals surface area (Å²) in [5.74, 6) is 0.309. The van der Waals surface area contributed by atoms with Crippen molar-refractivity contribution in [3.05, 3.63) is 83.2 Å². The lowest BCUT2D eigenvalue weighted by molar-refractivity contribution is -0.248. The summed E-state index contributed by atoms with van der Waals surface area (Å²) in [7, 11) is 0. The summed E-state index contributed by atoms with van der Waals surface area (Å²) in [6.07, 6.45) is 2.99. The topological polar surface area (TPSA) is 33.0 Å². The Morgan fingerprint density at radius 2 is 1.79 bits per heavy atom. The van der Waals surface area contributed by atoms with Crippen molar-refractivity contribution in [3.8, 4) is 6.07 Å². The van der Waals surface area contributed by atoms with Crippen LogP contribution >= 0.6 is 0 Å². The van der Waals surface area contributed by atoms with Crippen LogP contribution in [0.5, 0.6) is 0 Å². The highest BCUT2D eigenvalue weighted by atomic mass is 19.3. The molecule has 0 bridgehead atoms. The molecule has 152 valence electrons. The van der Waals surface area contributed by atoms with E-state index in [1.54, 1.807) is 24.3 Å². The van der Waals surface area contributed by atoms with E-state index in [4.69, 9.17) is 10.00 Å². The van der Waals surface area contributed by atoms with Gasteiger partial charge in [-0.25, -0.2) is 4.39 Å². The Labute approximate surface area is 169 Å². The normalized spacial score (nSPS) is 19.5. The van der Waals surface area contributed by atoms with Gasteiger partial charge in [0.2, 0.25) is 0 Å². The van der Waals surface area contributed by atoms with Gasteiger partial charge in [-0.2, -0.15) is 14.0 Å². The average Bonchev–Trinajstić information content (AvgIpc) is 2.74. The first kappa shape index (κ1) is 21.1. The number of halogens is 3. The number of nitrogens with zero attached hydrogens (tertiary/aromatic N) is 1. The Balaban J connectivity index is 1.56.